The van der Waals surface area contributed by atoms with Crippen molar-refractivity contribution in [2.24, 2.45) is 0 Å². The molecule has 28 heavy (non-hydrogen) atoms. The maximum atomic E-state index is 12.7. The molecule has 1 saturated heterocycles. The molecule has 0 aliphatic carbocycles. The van der Waals surface area contributed by atoms with Crippen LogP contribution in [0.4, 0.5) is 17.2 Å². The second-order valence-electron chi connectivity index (χ2n) is 6.32. The predicted octanol–water partition coefficient (Wildman–Crippen LogP) is 3.69. The Balaban J connectivity index is 1.94. The second kappa shape index (κ2) is 8.72. The minimum atomic E-state index is -0.655. The number of likely N-dealkylation sites (N-methyl/N-ethyl adjacent to an activating group) is 1. The van der Waals surface area contributed by atoms with Crippen LogP contribution >= 0.6 is 23.2 Å². The lowest BCUT2D eigenvalue weighted by Crippen LogP contribution is -2.46. The first-order valence-corrected chi connectivity index (χ1v) is 9.52. The number of nitrogens with zero attached hydrogens (tertiary/aromatic N) is 4. The van der Waals surface area contributed by atoms with Gasteiger partial charge in [-0.05, 0) is 30.8 Å². The molecular formula is C18H19Cl2N5O3. The third-order valence-corrected chi connectivity index (χ3v) is 5.05. The highest BCUT2D eigenvalue weighted by Crippen LogP contribution is 2.36. The maximum absolute atomic E-state index is 12.7. The number of amides is 1. The Kier molecular flexibility index (Phi) is 6.33. The number of nitro benzene ring substituents is 1. The molecule has 1 amide bonds. The van der Waals surface area contributed by atoms with Gasteiger partial charge in [0.15, 0.2) is 0 Å². The zero-order valence-electron chi connectivity index (χ0n) is 15.2. The highest BCUT2D eigenvalue weighted by Gasteiger charge is 2.30. The molecule has 1 N–H and O–H groups in total. The molecular weight excluding hydrogens is 405 g/mol. The summed E-state index contributed by atoms with van der Waals surface area (Å²) in [5, 5.41) is 15.1. The van der Waals surface area contributed by atoms with Crippen LogP contribution in [0.5, 0.6) is 0 Å². The average molecular weight is 424 g/mol. The number of aromatic nitrogens is 1. The van der Waals surface area contributed by atoms with Gasteiger partial charge in [0.1, 0.15) is 17.1 Å². The number of pyridine rings is 1. The molecule has 2 aromatic rings. The number of hydrogen-bond donors (Lipinski definition) is 1. The number of nitro groups is 1. The molecule has 1 aromatic heterocycles. The Hall–Kier alpha value is -2.42. The van der Waals surface area contributed by atoms with Gasteiger partial charge in [0.05, 0.1) is 9.95 Å². The number of carbonyl (C=O) groups is 1. The van der Waals surface area contributed by atoms with Gasteiger partial charge in [0.25, 0.3) is 5.91 Å². The van der Waals surface area contributed by atoms with Gasteiger partial charge < -0.3 is 15.1 Å². The minimum Gasteiger partial charge on any atom is -0.363 e. The van der Waals surface area contributed by atoms with Crippen LogP contribution in [0.3, 0.4) is 0 Å². The van der Waals surface area contributed by atoms with Crippen molar-refractivity contribution in [2.75, 3.05) is 42.9 Å². The van der Waals surface area contributed by atoms with Crippen LogP contribution in [0, 0.1) is 10.1 Å². The maximum Gasteiger partial charge on any atom is 0.305 e. The van der Waals surface area contributed by atoms with E-state index in [4.69, 9.17) is 23.2 Å². The van der Waals surface area contributed by atoms with Crippen LogP contribution in [0.2, 0.25) is 10.0 Å². The van der Waals surface area contributed by atoms with Crippen molar-refractivity contribution in [3.8, 4) is 0 Å². The molecule has 1 aliphatic heterocycles. The SMILES string of the molecule is CCN1CCN(c2cc(Cl)cc(C(=O)Nc3ccc(Cl)cn3)c2[N+](=O)[O-])CC1. The van der Waals surface area contributed by atoms with Gasteiger partial charge in [-0.15, -0.1) is 0 Å². The van der Waals surface area contributed by atoms with E-state index in [0.717, 1.165) is 19.6 Å². The van der Waals surface area contributed by atoms with Gasteiger partial charge in [-0.2, -0.15) is 0 Å². The Bertz CT molecular complexity index is 884. The van der Waals surface area contributed by atoms with Crippen molar-refractivity contribution in [2.45, 2.75) is 6.92 Å². The molecule has 0 radical (unpaired) electrons. The molecule has 2 heterocycles. The normalized spacial score (nSPS) is 14.8. The van der Waals surface area contributed by atoms with Crippen LogP contribution in [-0.2, 0) is 0 Å². The first-order chi connectivity index (χ1) is 13.4. The van der Waals surface area contributed by atoms with Crippen LogP contribution in [0.25, 0.3) is 0 Å². The summed E-state index contributed by atoms with van der Waals surface area (Å²) in [6, 6.07) is 5.92. The topological polar surface area (TPSA) is 91.6 Å². The van der Waals surface area contributed by atoms with Gasteiger partial charge in [0, 0.05) is 37.4 Å². The van der Waals surface area contributed by atoms with Gasteiger partial charge in [-0.25, -0.2) is 4.98 Å². The number of hydrogen-bond acceptors (Lipinski definition) is 6. The summed E-state index contributed by atoms with van der Waals surface area (Å²) in [6.07, 6.45) is 1.38. The average Bonchev–Trinajstić information content (AvgIpc) is 2.68. The lowest BCUT2D eigenvalue weighted by Gasteiger charge is -2.35. The number of piperazine rings is 1. The molecule has 148 valence electrons. The van der Waals surface area contributed by atoms with E-state index in [9.17, 15) is 14.9 Å². The molecule has 0 unspecified atom stereocenters. The van der Waals surface area contributed by atoms with Gasteiger partial charge in [0.2, 0.25) is 0 Å². The van der Waals surface area contributed by atoms with E-state index in [-0.39, 0.29) is 22.1 Å². The van der Waals surface area contributed by atoms with Crippen LogP contribution in [-0.4, -0.2) is 53.4 Å². The first kappa shape index (κ1) is 20.3. The van der Waals surface area contributed by atoms with Crippen LogP contribution in [0.1, 0.15) is 17.3 Å². The number of halogens is 2. The number of anilines is 2. The zero-order valence-corrected chi connectivity index (χ0v) is 16.7. The summed E-state index contributed by atoms with van der Waals surface area (Å²) in [6.45, 7) is 5.81. The molecule has 1 aromatic carbocycles. The standard InChI is InChI=1S/C18H19Cl2N5O3/c1-2-23-5-7-24(8-6-23)15-10-13(20)9-14(17(15)25(27)28)18(26)22-16-4-3-12(19)11-21-16/h3-4,9-11H,2,5-8H2,1H3,(H,21,22,26). The predicted molar refractivity (Wildman–Crippen MR) is 110 cm³/mol. The smallest absolute Gasteiger partial charge is 0.305 e. The van der Waals surface area contributed by atoms with E-state index in [1.54, 1.807) is 12.1 Å². The fourth-order valence-electron chi connectivity index (χ4n) is 3.13. The molecule has 1 fully saturated rings. The highest BCUT2D eigenvalue weighted by molar-refractivity contribution is 6.32. The number of nitrogens with one attached hydrogen (secondary N) is 1. The number of rotatable bonds is 5. The molecule has 8 nitrogen and oxygen atoms in total. The van der Waals surface area contributed by atoms with E-state index in [2.05, 4.69) is 22.1 Å². The van der Waals surface area contributed by atoms with E-state index in [1.165, 1.54) is 18.3 Å². The third-order valence-electron chi connectivity index (χ3n) is 4.61. The number of carbonyl (C=O) groups excluding carboxylic acids is 1. The quantitative estimate of drug-likeness (QED) is 0.582. The summed E-state index contributed by atoms with van der Waals surface area (Å²) in [7, 11) is 0. The Morgan fingerprint density at radius 3 is 2.50 bits per heavy atom. The van der Waals surface area contributed by atoms with E-state index in [0.29, 0.717) is 23.8 Å². The van der Waals surface area contributed by atoms with E-state index < -0.39 is 10.8 Å². The highest BCUT2D eigenvalue weighted by atomic mass is 35.5. The molecule has 0 saturated carbocycles. The van der Waals surface area contributed by atoms with Crippen LogP contribution in [0.15, 0.2) is 30.5 Å². The molecule has 0 spiro atoms. The minimum absolute atomic E-state index is 0.109. The molecule has 0 bridgehead atoms. The lowest BCUT2D eigenvalue weighted by atomic mass is 10.1. The van der Waals surface area contributed by atoms with E-state index >= 15 is 0 Å². The van der Waals surface area contributed by atoms with Crippen molar-refractivity contribution in [3.63, 3.8) is 0 Å². The summed E-state index contributed by atoms with van der Waals surface area (Å²) < 4.78 is 0. The Morgan fingerprint density at radius 2 is 1.93 bits per heavy atom. The summed E-state index contributed by atoms with van der Waals surface area (Å²) in [4.78, 5) is 32.2. The van der Waals surface area contributed by atoms with Gasteiger partial charge in [-0.1, -0.05) is 30.1 Å². The Labute approximate surface area is 172 Å². The monoisotopic (exact) mass is 423 g/mol. The fraction of sp³-hybridized carbons (Fsp3) is 0.333. The lowest BCUT2D eigenvalue weighted by molar-refractivity contribution is -0.384. The summed E-state index contributed by atoms with van der Waals surface area (Å²) in [5.74, 6) is -0.417. The second-order valence-corrected chi connectivity index (χ2v) is 7.19. The van der Waals surface area contributed by atoms with Crippen molar-refractivity contribution in [1.82, 2.24) is 9.88 Å². The van der Waals surface area contributed by atoms with Crippen molar-refractivity contribution >= 4 is 46.3 Å². The fourth-order valence-corrected chi connectivity index (χ4v) is 3.45. The van der Waals surface area contributed by atoms with Crippen LogP contribution < -0.4 is 10.2 Å². The molecule has 3 rings (SSSR count). The molecule has 1 aliphatic rings. The largest absolute Gasteiger partial charge is 0.363 e. The molecule has 10 heteroatoms. The third kappa shape index (κ3) is 4.52. The summed E-state index contributed by atoms with van der Waals surface area (Å²) >= 11 is 12.0. The first-order valence-electron chi connectivity index (χ1n) is 8.77. The number of benzene rings is 1. The summed E-state index contributed by atoms with van der Waals surface area (Å²) in [5.41, 5.74) is -0.0227. The van der Waals surface area contributed by atoms with Crippen molar-refractivity contribution < 1.29 is 9.72 Å². The molecule has 0 atom stereocenters. The zero-order chi connectivity index (χ0) is 20.3. The van der Waals surface area contributed by atoms with Crippen molar-refractivity contribution in [1.29, 1.82) is 0 Å². The van der Waals surface area contributed by atoms with E-state index in [1.807, 2.05) is 4.90 Å². The van der Waals surface area contributed by atoms with Gasteiger partial charge >= 0.3 is 5.69 Å². The van der Waals surface area contributed by atoms with Crippen molar-refractivity contribution in [3.05, 3.63) is 56.2 Å². The Morgan fingerprint density at radius 1 is 1.21 bits per heavy atom. The van der Waals surface area contributed by atoms with Gasteiger partial charge in [-0.3, -0.25) is 14.9 Å².